The zero-order valence-electron chi connectivity index (χ0n) is 12.7. The lowest BCUT2D eigenvalue weighted by atomic mass is 10.0. The molecule has 3 aromatic rings. The van der Waals surface area contributed by atoms with Crippen LogP contribution in [0.25, 0.3) is 0 Å². The van der Waals surface area contributed by atoms with Gasteiger partial charge in [0.2, 0.25) is 5.78 Å². The van der Waals surface area contributed by atoms with Crippen LogP contribution >= 0.6 is 15.9 Å². The van der Waals surface area contributed by atoms with Gasteiger partial charge >= 0.3 is 0 Å². The lowest BCUT2D eigenvalue weighted by Gasteiger charge is -2.07. The number of hydrogen-bond acceptors (Lipinski definition) is 3. The Morgan fingerprint density at radius 1 is 1.00 bits per heavy atom. The average molecular weight is 367 g/mol. The molecule has 3 rings (SSSR count). The first-order valence-corrected chi connectivity index (χ1v) is 8.08. The normalized spacial score (nSPS) is 10.5. The summed E-state index contributed by atoms with van der Waals surface area (Å²) in [7, 11) is 0. The maximum absolute atomic E-state index is 12.6. The minimum atomic E-state index is -0.117. The van der Waals surface area contributed by atoms with E-state index in [1.54, 1.807) is 6.20 Å². The molecule has 0 unspecified atom stereocenters. The van der Waals surface area contributed by atoms with Gasteiger partial charge in [-0.25, -0.2) is 4.98 Å². The summed E-state index contributed by atoms with van der Waals surface area (Å²) in [5.74, 6) is -0.117. The number of halogens is 1. The third kappa shape index (κ3) is 3.90. The molecule has 4 heteroatoms. The minimum absolute atomic E-state index is 0.117. The molecule has 0 amide bonds. The van der Waals surface area contributed by atoms with E-state index in [4.69, 9.17) is 0 Å². The number of carbonyl (C=O) groups is 1. The van der Waals surface area contributed by atoms with Crippen LogP contribution in [0.4, 0.5) is 0 Å². The highest BCUT2D eigenvalue weighted by Gasteiger charge is 2.13. The highest BCUT2D eigenvalue weighted by molar-refractivity contribution is 9.10. The first-order valence-electron chi connectivity index (χ1n) is 7.28. The Morgan fingerprint density at radius 2 is 1.78 bits per heavy atom. The van der Waals surface area contributed by atoms with Crippen molar-refractivity contribution in [2.75, 3.05) is 0 Å². The number of hydrogen-bond donors (Lipinski definition) is 0. The quantitative estimate of drug-likeness (QED) is 0.643. The second-order valence-electron chi connectivity index (χ2n) is 5.38. The van der Waals surface area contributed by atoms with E-state index in [2.05, 4.69) is 38.0 Å². The van der Waals surface area contributed by atoms with E-state index in [0.29, 0.717) is 11.3 Å². The van der Waals surface area contributed by atoms with E-state index in [-0.39, 0.29) is 5.78 Å². The standard InChI is InChI=1S/C19H15BrN2O/c1-13-11-22-18(12-21-13)19(23)16-8-15(9-17(20)10-16)7-14-5-3-2-4-6-14/h2-6,8-12H,7H2,1H3. The zero-order valence-corrected chi connectivity index (χ0v) is 14.2. The van der Waals surface area contributed by atoms with Crippen molar-refractivity contribution in [2.24, 2.45) is 0 Å². The molecule has 0 atom stereocenters. The van der Waals surface area contributed by atoms with Crippen LogP contribution in [0.2, 0.25) is 0 Å². The summed E-state index contributed by atoms with van der Waals surface area (Å²) in [6.07, 6.45) is 3.91. The molecule has 0 saturated carbocycles. The number of aryl methyl sites for hydroxylation is 1. The van der Waals surface area contributed by atoms with Crippen LogP contribution in [0, 0.1) is 6.92 Å². The van der Waals surface area contributed by atoms with Crippen LogP contribution in [0.15, 0.2) is 65.4 Å². The van der Waals surface area contributed by atoms with Gasteiger partial charge in [-0.15, -0.1) is 0 Å². The molecule has 0 bridgehead atoms. The molecule has 0 spiro atoms. The Labute approximate surface area is 143 Å². The highest BCUT2D eigenvalue weighted by Crippen LogP contribution is 2.20. The predicted molar refractivity (Wildman–Crippen MR) is 93.6 cm³/mol. The average Bonchev–Trinajstić information content (AvgIpc) is 2.55. The highest BCUT2D eigenvalue weighted by atomic mass is 79.9. The first kappa shape index (κ1) is 15.6. The van der Waals surface area contributed by atoms with Crippen molar-refractivity contribution < 1.29 is 4.79 Å². The molecular weight excluding hydrogens is 352 g/mol. The maximum Gasteiger partial charge on any atom is 0.212 e. The SMILES string of the molecule is Cc1cnc(C(=O)c2cc(Br)cc(Cc3ccccc3)c2)cn1. The summed E-state index contributed by atoms with van der Waals surface area (Å²) in [5.41, 5.74) is 4.05. The maximum atomic E-state index is 12.6. The second kappa shape index (κ2) is 6.84. The Balaban J connectivity index is 1.91. The summed E-state index contributed by atoms with van der Waals surface area (Å²) in [6.45, 7) is 1.85. The number of rotatable bonds is 4. The minimum Gasteiger partial charge on any atom is -0.287 e. The molecule has 1 aromatic heterocycles. The smallest absolute Gasteiger partial charge is 0.212 e. The summed E-state index contributed by atoms with van der Waals surface area (Å²) in [4.78, 5) is 20.9. The van der Waals surface area contributed by atoms with Crippen molar-refractivity contribution in [3.63, 3.8) is 0 Å². The van der Waals surface area contributed by atoms with E-state index >= 15 is 0 Å². The molecule has 0 radical (unpaired) electrons. The van der Waals surface area contributed by atoms with Crippen LogP contribution in [-0.4, -0.2) is 15.8 Å². The van der Waals surface area contributed by atoms with E-state index in [0.717, 1.165) is 22.2 Å². The molecule has 0 aliphatic carbocycles. The summed E-state index contributed by atoms with van der Waals surface area (Å²) >= 11 is 3.49. The van der Waals surface area contributed by atoms with Crippen molar-refractivity contribution in [3.8, 4) is 0 Å². The van der Waals surface area contributed by atoms with Crippen molar-refractivity contribution in [2.45, 2.75) is 13.3 Å². The molecule has 0 aliphatic rings. The molecule has 114 valence electrons. The fourth-order valence-corrected chi connectivity index (χ4v) is 2.91. The van der Waals surface area contributed by atoms with Gasteiger partial charge in [0, 0.05) is 16.2 Å². The van der Waals surface area contributed by atoms with E-state index in [9.17, 15) is 4.79 Å². The van der Waals surface area contributed by atoms with E-state index in [1.807, 2.05) is 43.3 Å². The molecule has 0 aliphatic heterocycles. The van der Waals surface area contributed by atoms with Crippen molar-refractivity contribution >= 4 is 21.7 Å². The molecule has 1 heterocycles. The van der Waals surface area contributed by atoms with Crippen LogP contribution in [0.5, 0.6) is 0 Å². The van der Waals surface area contributed by atoms with Gasteiger partial charge in [-0.2, -0.15) is 0 Å². The van der Waals surface area contributed by atoms with Gasteiger partial charge in [-0.1, -0.05) is 46.3 Å². The van der Waals surface area contributed by atoms with E-state index < -0.39 is 0 Å². The molecule has 0 N–H and O–H groups in total. The predicted octanol–water partition coefficient (Wildman–Crippen LogP) is 4.37. The zero-order chi connectivity index (χ0) is 16.2. The topological polar surface area (TPSA) is 42.9 Å². The number of ketones is 1. The number of aromatic nitrogens is 2. The second-order valence-corrected chi connectivity index (χ2v) is 6.30. The largest absolute Gasteiger partial charge is 0.287 e. The van der Waals surface area contributed by atoms with Gasteiger partial charge in [0.15, 0.2) is 0 Å². The molecule has 23 heavy (non-hydrogen) atoms. The van der Waals surface area contributed by atoms with Crippen LogP contribution < -0.4 is 0 Å². The Bertz CT molecular complexity index is 830. The van der Waals surface area contributed by atoms with Gasteiger partial charge in [0.25, 0.3) is 0 Å². The lowest BCUT2D eigenvalue weighted by molar-refractivity contribution is 0.103. The number of benzene rings is 2. The fraction of sp³-hybridized carbons (Fsp3) is 0.105. The first-order chi connectivity index (χ1) is 11.1. The summed E-state index contributed by atoms with van der Waals surface area (Å²) in [6, 6.07) is 15.9. The van der Waals surface area contributed by atoms with Gasteiger partial charge in [0.1, 0.15) is 5.69 Å². The van der Waals surface area contributed by atoms with Crippen molar-refractivity contribution in [3.05, 3.63) is 93.5 Å². The Morgan fingerprint density at radius 3 is 2.48 bits per heavy atom. The summed E-state index contributed by atoms with van der Waals surface area (Å²) in [5, 5.41) is 0. The van der Waals surface area contributed by atoms with Crippen molar-refractivity contribution in [1.29, 1.82) is 0 Å². The van der Waals surface area contributed by atoms with Gasteiger partial charge in [-0.05, 0) is 42.7 Å². The van der Waals surface area contributed by atoms with Crippen LogP contribution in [0.3, 0.4) is 0 Å². The molecular formula is C19H15BrN2O. The van der Waals surface area contributed by atoms with Gasteiger partial charge < -0.3 is 0 Å². The lowest BCUT2D eigenvalue weighted by Crippen LogP contribution is -2.06. The molecule has 2 aromatic carbocycles. The number of carbonyl (C=O) groups excluding carboxylic acids is 1. The third-order valence-electron chi connectivity index (χ3n) is 3.48. The van der Waals surface area contributed by atoms with E-state index in [1.165, 1.54) is 11.8 Å². The van der Waals surface area contributed by atoms with Crippen LogP contribution in [-0.2, 0) is 6.42 Å². The molecule has 0 saturated heterocycles. The molecule has 3 nitrogen and oxygen atoms in total. The third-order valence-corrected chi connectivity index (χ3v) is 3.94. The number of nitrogens with zero attached hydrogens (tertiary/aromatic N) is 2. The fourth-order valence-electron chi connectivity index (χ4n) is 2.37. The van der Waals surface area contributed by atoms with Crippen LogP contribution in [0.1, 0.15) is 32.9 Å². The Hall–Kier alpha value is -2.33. The molecule has 0 fully saturated rings. The Kier molecular flexibility index (Phi) is 4.63. The van der Waals surface area contributed by atoms with Gasteiger partial charge in [-0.3, -0.25) is 9.78 Å². The monoisotopic (exact) mass is 366 g/mol. The summed E-state index contributed by atoms with van der Waals surface area (Å²) < 4.78 is 0.884. The van der Waals surface area contributed by atoms with Crippen molar-refractivity contribution in [1.82, 2.24) is 9.97 Å². The van der Waals surface area contributed by atoms with Gasteiger partial charge in [0.05, 0.1) is 11.9 Å².